The van der Waals surface area contributed by atoms with Crippen LogP contribution >= 0.6 is 11.8 Å². The summed E-state index contributed by atoms with van der Waals surface area (Å²) in [5.74, 6) is 2.17. The van der Waals surface area contributed by atoms with Gasteiger partial charge >= 0.3 is 6.03 Å². The first kappa shape index (κ1) is 40.9. The van der Waals surface area contributed by atoms with Crippen LogP contribution in [0.3, 0.4) is 0 Å². The van der Waals surface area contributed by atoms with Gasteiger partial charge in [-0.3, -0.25) is 14.4 Å². The summed E-state index contributed by atoms with van der Waals surface area (Å²) in [6, 6.07) is 10.2. The number of urea groups is 1. The standard InChI is InChI=1S/C40H53N3O10S/c1-25(2)10-15-29-34(22-32(46)37-31(45)21-33(53-39(29)37)26-11-13-28(49-3)14-12-26)52-23-36(47)41-16-18-51-20-19-50-17-6-8-27(44)7-4-5-9-35-38-30(24-54-35)42-40(48)43-38/h11-14,21-22,25,30,35,38,46H,4-10,15-20,23-24H2,1-3H3,(H,41,47)(H2,42,43,48). The van der Waals surface area contributed by atoms with E-state index in [0.29, 0.717) is 79.3 Å². The molecule has 4 N–H and O–H groups in total. The van der Waals surface area contributed by atoms with Crippen molar-refractivity contribution in [3.05, 3.63) is 52.2 Å². The number of carbonyl (C=O) groups excluding carboxylic acids is 3. The normalized spacial score (nSPS) is 17.7. The number of Topliss-reactive ketones (excluding diaryl/α,β-unsaturated/α-hetero) is 1. The number of nitrogens with one attached hydrogen (secondary N) is 3. The molecule has 2 aromatic carbocycles. The van der Waals surface area contributed by atoms with E-state index >= 15 is 0 Å². The Labute approximate surface area is 320 Å². The van der Waals surface area contributed by atoms with E-state index in [9.17, 15) is 24.3 Å². The van der Waals surface area contributed by atoms with Crippen molar-refractivity contribution in [1.82, 2.24) is 16.0 Å². The van der Waals surface area contributed by atoms with Gasteiger partial charge in [0.1, 0.15) is 39.8 Å². The van der Waals surface area contributed by atoms with Crippen LogP contribution in [0, 0.1) is 5.92 Å². The SMILES string of the molecule is COc1ccc(-c2cc(=O)c3c(O)cc(OCC(=O)NCCOCCOCCCC(=O)CCCCC4SCC5NC(=O)NC54)c(CCC(C)C)c3o2)cc1. The summed E-state index contributed by atoms with van der Waals surface area (Å²) in [6.07, 6.45) is 5.86. The molecule has 14 heteroatoms. The molecule has 2 saturated heterocycles. The van der Waals surface area contributed by atoms with Crippen LogP contribution in [-0.2, 0) is 25.5 Å². The Balaban J connectivity index is 0.972. The van der Waals surface area contributed by atoms with Crippen molar-refractivity contribution in [2.75, 3.05) is 52.4 Å². The minimum Gasteiger partial charge on any atom is -0.507 e. The molecule has 0 bridgehead atoms. The van der Waals surface area contributed by atoms with Crippen molar-refractivity contribution >= 4 is 40.5 Å². The summed E-state index contributed by atoms with van der Waals surface area (Å²) in [4.78, 5) is 49.6. The Hall–Kier alpha value is -4.27. The molecule has 5 rings (SSSR count). The molecule has 3 unspecified atom stereocenters. The lowest BCUT2D eigenvalue weighted by atomic mass is 9.99. The molecular formula is C40H53N3O10S. The number of thioether (sulfide) groups is 1. The summed E-state index contributed by atoms with van der Waals surface area (Å²) in [5.41, 5.74) is 1.13. The van der Waals surface area contributed by atoms with Crippen LogP contribution in [0.4, 0.5) is 4.79 Å². The van der Waals surface area contributed by atoms with E-state index in [1.807, 2.05) is 11.8 Å². The molecule has 13 nitrogen and oxygen atoms in total. The van der Waals surface area contributed by atoms with E-state index in [1.54, 1.807) is 31.4 Å². The lowest BCUT2D eigenvalue weighted by Gasteiger charge is -2.16. The fourth-order valence-corrected chi connectivity index (χ4v) is 8.17. The highest BCUT2D eigenvalue weighted by Crippen LogP contribution is 2.37. The predicted octanol–water partition coefficient (Wildman–Crippen LogP) is 5.37. The van der Waals surface area contributed by atoms with Gasteiger partial charge in [0, 0.05) is 60.3 Å². The van der Waals surface area contributed by atoms with Gasteiger partial charge < -0.3 is 44.4 Å². The first-order valence-corrected chi connectivity index (χ1v) is 19.9. The number of methoxy groups -OCH3 is 1. The maximum Gasteiger partial charge on any atom is 0.315 e. The van der Waals surface area contributed by atoms with Crippen molar-refractivity contribution in [2.24, 2.45) is 5.92 Å². The maximum absolute atomic E-state index is 13.2. The highest BCUT2D eigenvalue weighted by molar-refractivity contribution is 8.00. The first-order valence-electron chi connectivity index (χ1n) is 18.8. The molecule has 3 atom stereocenters. The maximum atomic E-state index is 13.2. The Morgan fingerprint density at radius 3 is 2.52 bits per heavy atom. The van der Waals surface area contributed by atoms with Crippen molar-refractivity contribution in [2.45, 2.75) is 82.5 Å². The van der Waals surface area contributed by atoms with Gasteiger partial charge in [0.05, 0.1) is 39.0 Å². The van der Waals surface area contributed by atoms with Crippen LogP contribution in [0.1, 0.15) is 64.4 Å². The van der Waals surface area contributed by atoms with E-state index in [4.69, 9.17) is 23.4 Å². The Morgan fingerprint density at radius 1 is 1.00 bits per heavy atom. The second-order valence-corrected chi connectivity index (χ2v) is 15.4. The summed E-state index contributed by atoms with van der Waals surface area (Å²) < 4.78 is 28.5. The highest BCUT2D eigenvalue weighted by Gasteiger charge is 2.42. The van der Waals surface area contributed by atoms with E-state index in [-0.39, 0.29) is 77.5 Å². The Kier molecular flexibility index (Phi) is 15.5. The molecular weight excluding hydrogens is 715 g/mol. The molecule has 0 spiro atoms. The summed E-state index contributed by atoms with van der Waals surface area (Å²) in [5, 5.41) is 20.0. The number of fused-ring (bicyclic) bond motifs is 2. The molecule has 3 amide bonds. The molecule has 2 aliphatic rings. The zero-order chi connectivity index (χ0) is 38.5. The molecule has 2 aliphatic heterocycles. The number of aromatic hydroxyl groups is 1. The number of benzene rings is 2. The van der Waals surface area contributed by atoms with E-state index < -0.39 is 0 Å². The molecule has 0 aliphatic carbocycles. The number of rotatable bonds is 23. The van der Waals surface area contributed by atoms with Crippen LogP contribution in [0.15, 0.2) is 45.6 Å². The van der Waals surface area contributed by atoms with Crippen LogP contribution in [-0.4, -0.2) is 92.6 Å². The number of ketones is 1. The van der Waals surface area contributed by atoms with Gasteiger partial charge in [-0.1, -0.05) is 20.3 Å². The molecule has 294 valence electrons. The number of aryl methyl sites for hydroxylation is 1. The van der Waals surface area contributed by atoms with Gasteiger partial charge in [0.25, 0.3) is 5.91 Å². The number of phenolic OH excluding ortho intramolecular Hbond substituents is 1. The smallest absolute Gasteiger partial charge is 0.315 e. The topological polar surface area (TPSA) is 175 Å². The minimum absolute atomic E-state index is 0.0664. The molecule has 3 aromatic rings. The van der Waals surface area contributed by atoms with Gasteiger partial charge in [-0.15, -0.1) is 0 Å². The predicted molar refractivity (Wildman–Crippen MR) is 208 cm³/mol. The fraction of sp³-hybridized carbons (Fsp3) is 0.550. The number of carbonyl (C=O) groups is 3. The van der Waals surface area contributed by atoms with Crippen LogP contribution < -0.4 is 30.9 Å². The molecule has 1 aromatic heterocycles. The van der Waals surface area contributed by atoms with E-state index in [2.05, 4.69) is 29.8 Å². The number of ether oxygens (including phenoxy) is 4. The molecule has 54 heavy (non-hydrogen) atoms. The lowest BCUT2D eigenvalue weighted by molar-refractivity contribution is -0.123. The average molecular weight is 768 g/mol. The van der Waals surface area contributed by atoms with Gasteiger partial charge in [0.2, 0.25) is 0 Å². The van der Waals surface area contributed by atoms with Crippen molar-refractivity contribution in [3.63, 3.8) is 0 Å². The van der Waals surface area contributed by atoms with Crippen LogP contribution in [0.2, 0.25) is 0 Å². The fourth-order valence-electron chi connectivity index (χ4n) is 6.63. The molecule has 0 radical (unpaired) electrons. The van der Waals surface area contributed by atoms with Gasteiger partial charge in [0.15, 0.2) is 12.0 Å². The number of hydrogen-bond donors (Lipinski definition) is 4. The van der Waals surface area contributed by atoms with Crippen molar-refractivity contribution in [3.8, 4) is 28.6 Å². The number of hydrogen-bond acceptors (Lipinski definition) is 11. The van der Waals surface area contributed by atoms with Gasteiger partial charge in [-0.05, 0) is 62.3 Å². The van der Waals surface area contributed by atoms with Gasteiger partial charge in [-0.2, -0.15) is 11.8 Å². The third-order valence-corrected chi connectivity index (χ3v) is 11.1. The van der Waals surface area contributed by atoms with E-state index in [0.717, 1.165) is 31.4 Å². The quantitative estimate of drug-likeness (QED) is 0.0722. The Morgan fingerprint density at radius 2 is 1.76 bits per heavy atom. The highest BCUT2D eigenvalue weighted by atomic mass is 32.2. The number of phenols is 1. The molecule has 0 saturated carbocycles. The van der Waals surface area contributed by atoms with E-state index in [1.165, 1.54) is 12.1 Å². The second-order valence-electron chi connectivity index (χ2n) is 14.1. The molecule has 3 heterocycles. The zero-order valence-electron chi connectivity index (χ0n) is 31.4. The number of unbranched alkanes of at least 4 members (excludes halogenated alkanes) is 1. The van der Waals surface area contributed by atoms with Crippen LogP contribution in [0.25, 0.3) is 22.3 Å². The first-order chi connectivity index (χ1) is 26.1. The summed E-state index contributed by atoms with van der Waals surface area (Å²) >= 11 is 1.90. The van der Waals surface area contributed by atoms with Crippen molar-refractivity contribution in [1.29, 1.82) is 0 Å². The minimum atomic E-state index is -0.384. The third kappa shape index (κ3) is 11.6. The zero-order valence-corrected chi connectivity index (χ0v) is 32.2. The number of amides is 3. The van der Waals surface area contributed by atoms with Crippen LogP contribution in [0.5, 0.6) is 17.2 Å². The van der Waals surface area contributed by atoms with Gasteiger partial charge in [-0.25, -0.2) is 4.79 Å². The summed E-state index contributed by atoms with van der Waals surface area (Å²) in [6.45, 7) is 5.64. The largest absolute Gasteiger partial charge is 0.507 e. The van der Waals surface area contributed by atoms with Crippen molar-refractivity contribution < 1.29 is 42.9 Å². The second kappa shape index (κ2) is 20.4. The average Bonchev–Trinajstić information content (AvgIpc) is 3.71. The Bertz CT molecular complexity index is 1780. The molecule has 2 fully saturated rings. The third-order valence-electron chi connectivity index (χ3n) is 9.57. The monoisotopic (exact) mass is 767 g/mol. The summed E-state index contributed by atoms with van der Waals surface area (Å²) in [7, 11) is 1.57. The lowest BCUT2D eigenvalue weighted by Crippen LogP contribution is -2.36.